The van der Waals surface area contributed by atoms with E-state index in [1.54, 1.807) is 0 Å². The van der Waals surface area contributed by atoms with Crippen LogP contribution in [0, 0.1) is 0 Å². The molecule has 0 atom stereocenters. The lowest BCUT2D eigenvalue weighted by atomic mass is 10.2. The highest BCUT2D eigenvalue weighted by molar-refractivity contribution is 5.69. The monoisotopic (exact) mass is 656 g/mol. The first-order chi connectivity index (χ1) is 22.0. The van der Waals surface area contributed by atoms with Crippen molar-refractivity contribution in [3.8, 4) is 0 Å². The van der Waals surface area contributed by atoms with Crippen molar-refractivity contribution in [3.63, 3.8) is 0 Å². The van der Waals surface area contributed by atoms with Crippen LogP contribution < -0.4 is 0 Å². The van der Waals surface area contributed by atoms with Gasteiger partial charge in [-0.2, -0.15) is 0 Å². The first kappa shape index (κ1) is 43.6. The number of ether oxygens (including phenoxy) is 13. The van der Waals surface area contributed by atoms with Crippen LogP contribution in [0.25, 0.3) is 0 Å². The first-order valence-corrected chi connectivity index (χ1v) is 15.7. The third kappa shape index (κ3) is 40.5. The molecule has 45 heavy (non-hydrogen) atoms. The van der Waals surface area contributed by atoms with E-state index in [9.17, 15) is 4.79 Å². The Kier molecular flexibility index (Phi) is 34.3. The Bertz CT molecular complexity index is 618. The molecule has 0 bridgehead atoms. The summed E-state index contributed by atoms with van der Waals surface area (Å²) < 4.78 is 69.8. The molecule has 0 aliphatic rings. The number of hydrogen-bond acceptors (Lipinski definition) is 14. The molecule has 14 heteroatoms. The van der Waals surface area contributed by atoms with Crippen LogP contribution in [0.2, 0.25) is 0 Å². The molecular weight excluding hydrogens is 596 g/mol. The average molecular weight is 657 g/mol. The van der Waals surface area contributed by atoms with E-state index in [1.165, 1.54) is 6.26 Å². The molecular formula is C31H60O14. The van der Waals surface area contributed by atoms with Gasteiger partial charge in [0.15, 0.2) is 0 Å². The lowest BCUT2D eigenvalue weighted by molar-refractivity contribution is -0.156. The van der Waals surface area contributed by atoms with Gasteiger partial charge in [-0.25, -0.2) is 0 Å². The quantitative estimate of drug-likeness (QED) is 0.0548. The predicted molar refractivity (Wildman–Crippen MR) is 166 cm³/mol. The van der Waals surface area contributed by atoms with Crippen molar-refractivity contribution in [2.45, 2.75) is 32.8 Å². The summed E-state index contributed by atoms with van der Waals surface area (Å²) in [4.78, 5) is 11.6. The molecule has 0 unspecified atom stereocenters. The molecule has 0 heterocycles. The van der Waals surface area contributed by atoms with Gasteiger partial charge >= 0.3 is 5.97 Å². The molecule has 14 nitrogen and oxygen atoms in total. The lowest BCUT2D eigenvalue weighted by Crippen LogP contribution is -2.24. The van der Waals surface area contributed by atoms with Gasteiger partial charge in [0.05, 0.1) is 158 Å². The topological polar surface area (TPSA) is 137 Å². The summed E-state index contributed by atoms with van der Waals surface area (Å²) in [6.45, 7) is 20.2. The van der Waals surface area contributed by atoms with E-state index < -0.39 is 5.60 Å². The van der Waals surface area contributed by atoms with E-state index in [-0.39, 0.29) is 12.4 Å². The molecule has 0 rings (SSSR count). The first-order valence-electron chi connectivity index (χ1n) is 15.7. The lowest BCUT2D eigenvalue weighted by Gasteiger charge is -2.19. The Morgan fingerprint density at radius 3 is 0.867 bits per heavy atom. The summed E-state index contributed by atoms with van der Waals surface area (Å²) in [5, 5.41) is 0. The van der Waals surface area contributed by atoms with Gasteiger partial charge in [-0.05, 0) is 20.8 Å². The van der Waals surface area contributed by atoms with Crippen LogP contribution in [0.4, 0.5) is 0 Å². The highest BCUT2D eigenvalue weighted by atomic mass is 16.6. The van der Waals surface area contributed by atoms with Gasteiger partial charge in [0.1, 0.15) is 12.2 Å². The van der Waals surface area contributed by atoms with Crippen LogP contribution >= 0.6 is 0 Å². The van der Waals surface area contributed by atoms with Crippen LogP contribution in [0.1, 0.15) is 27.2 Å². The molecule has 0 saturated carbocycles. The highest BCUT2D eigenvalue weighted by Gasteiger charge is 2.15. The second kappa shape index (κ2) is 35.4. The van der Waals surface area contributed by atoms with E-state index in [0.29, 0.717) is 152 Å². The molecule has 0 aromatic heterocycles. The normalized spacial score (nSPS) is 11.6. The minimum absolute atomic E-state index is 0.231. The minimum Gasteiger partial charge on any atom is -0.499 e. The van der Waals surface area contributed by atoms with Gasteiger partial charge in [-0.1, -0.05) is 6.58 Å². The fourth-order valence-electron chi connectivity index (χ4n) is 3.04. The summed E-state index contributed by atoms with van der Waals surface area (Å²) in [7, 11) is 0. The minimum atomic E-state index is -0.474. The smallest absolute Gasteiger partial charge is 0.308 e. The SMILES string of the molecule is C=COCCOCCOCCOCCOCCOCCOCCOCCOCCOCCOCCOCCC(=O)OC(C)(C)C. The van der Waals surface area contributed by atoms with Gasteiger partial charge in [-0.3, -0.25) is 4.79 Å². The maximum absolute atomic E-state index is 11.6. The number of hydrogen-bond donors (Lipinski definition) is 0. The van der Waals surface area contributed by atoms with Crippen molar-refractivity contribution < 1.29 is 66.4 Å². The van der Waals surface area contributed by atoms with Crippen LogP contribution in [0.3, 0.4) is 0 Å². The van der Waals surface area contributed by atoms with Gasteiger partial charge in [0.25, 0.3) is 0 Å². The molecule has 268 valence electrons. The van der Waals surface area contributed by atoms with Crippen molar-refractivity contribution >= 4 is 5.97 Å². The molecule has 0 aliphatic heterocycles. The van der Waals surface area contributed by atoms with E-state index in [1.807, 2.05) is 20.8 Å². The molecule has 0 aromatic rings. The second-order valence-electron chi connectivity index (χ2n) is 10.1. The van der Waals surface area contributed by atoms with Gasteiger partial charge in [0.2, 0.25) is 0 Å². The molecule has 0 N–H and O–H groups in total. The van der Waals surface area contributed by atoms with Gasteiger partial charge < -0.3 is 61.6 Å². The number of carbonyl (C=O) groups excluding carboxylic acids is 1. The Morgan fingerprint density at radius 1 is 0.422 bits per heavy atom. The maximum atomic E-state index is 11.6. The average Bonchev–Trinajstić information content (AvgIpc) is 3.00. The Labute approximate surface area is 270 Å². The summed E-state index contributed by atoms with van der Waals surface area (Å²) in [6, 6.07) is 0. The molecule has 0 aliphatic carbocycles. The Balaban J connectivity index is 3.09. The van der Waals surface area contributed by atoms with Crippen LogP contribution in [-0.4, -0.2) is 164 Å². The van der Waals surface area contributed by atoms with Crippen molar-refractivity contribution in [3.05, 3.63) is 12.8 Å². The zero-order valence-electron chi connectivity index (χ0n) is 28.0. The Morgan fingerprint density at radius 2 is 0.644 bits per heavy atom. The van der Waals surface area contributed by atoms with Crippen LogP contribution in [0.5, 0.6) is 0 Å². The highest BCUT2D eigenvalue weighted by Crippen LogP contribution is 2.08. The van der Waals surface area contributed by atoms with Gasteiger partial charge in [0, 0.05) is 0 Å². The van der Waals surface area contributed by atoms with E-state index in [2.05, 4.69) is 6.58 Å². The number of esters is 1. The third-order valence-corrected chi connectivity index (χ3v) is 5.05. The summed E-state index contributed by atoms with van der Waals surface area (Å²) in [5.74, 6) is -0.265. The molecule has 0 amide bonds. The van der Waals surface area contributed by atoms with E-state index in [4.69, 9.17) is 61.6 Å². The van der Waals surface area contributed by atoms with Crippen molar-refractivity contribution in [1.82, 2.24) is 0 Å². The van der Waals surface area contributed by atoms with Crippen LogP contribution in [0.15, 0.2) is 12.8 Å². The fourth-order valence-corrected chi connectivity index (χ4v) is 3.04. The standard InChI is InChI=1S/C31H60O14/c1-5-33-8-9-35-12-13-37-16-17-39-20-21-41-24-25-43-28-29-44-27-26-42-23-22-40-19-18-38-15-14-36-11-10-34-7-6-30(32)45-31(2,3)4/h5H,1,6-29H2,2-4H3. The Hall–Kier alpha value is -1.43. The summed E-state index contributed by atoms with van der Waals surface area (Å²) in [6.07, 6.45) is 1.62. The van der Waals surface area contributed by atoms with Gasteiger partial charge in [-0.15, -0.1) is 0 Å². The molecule has 0 aromatic carbocycles. The second-order valence-corrected chi connectivity index (χ2v) is 10.1. The molecule has 0 radical (unpaired) electrons. The van der Waals surface area contributed by atoms with E-state index in [0.717, 1.165) is 0 Å². The molecule has 0 fully saturated rings. The van der Waals surface area contributed by atoms with Crippen molar-refractivity contribution in [1.29, 1.82) is 0 Å². The van der Waals surface area contributed by atoms with Crippen molar-refractivity contribution in [2.24, 2.45) is 0 Å². The summed E-state index contributed by atoms with van der Waals surface area (Å²) >= 11 is 0. The number of carbonyl (C=O) groups is 1. The maximum Gasteiger partial charge on any atom is 0.308 e. The largest absolute Gasteiger partial charge is 0.499 e. The zero-order chi connectivity index (χ0) is 32.9. The van der Waals surface area contributed by atoms with Crippen molar-refractivity contribution in [2.75, 3.05) is 152 Å². The molecule has 0 spiro atoms. The van der Waals surface area contributed by atoms with E-state index >= 15 is 0 Å². The predicted octanol–water partition coefficient (Wildman–Crippen LogP) is 2.06. The number of rotatable bonds is 37. The molecule has 0 saturated heterocycles. The fraction of sp³-hybridized carbons (Fsp3) is 0.903. The van der Waals surface area contributed by atoms with Crippen LogP contribution in [-0.2, 0) is 66.4 Å². The zero-order valence-corrected chi connectivity index (χ0v) is 28.0. The summed E-state index contributed by atoms with van der Waals surface area (Å²) in [5.41, 5.74) is -0.474. The third-order valence-electron chi connectivity index (χ3n) is 5.05.